The highest BCUT2D eigenvalue weighted by Crippen LogP contribution is 2.15. The summed E-state index contributed by atoms with van der Waals surface area (Å²) < 4.78 is 5.21. The average molecular weight is 220 g/mol. The normalized spacial score (nSPS) is 11.2. The number of esters is 1. The van der Waals surface area contributed by atoms with Crippen LogP contribution in [-0.2, 0) is 16.0 Å². The summed E-state index contributed by atoms with van der Waals surface area (Å²) in [6.45, 7) is 8.11. The van der Waals surface area contributed by atoms with E-state index >= 15 is 0 Å². The van der Waals surface area contributed by atoms with Gasteiger partial charge in [0.1, 0.15) is 0 Å². The first-order chi connectivity index (χ1) is 7.39. The van der Waals surface area contributed by atoms with Gasteiger partial charge in [-0.1, -0.05) is 29.8 Å². The van der Waals surface area contributed by atoms with E-state index in [0.717, 1.165) is 6.42 Å². The second-order valence-electron chi connectivity index (χ2n) is 5.12. The SMILES string of the molecule is Cc1cccc(CCOC(=O)C(C)(C)C)c1. The third-order valence-electron chi connectivity index (χ3n) is 2.32. The molecule has 0 heterocycles. The molecule has 2 heteroatoms. The molecule has 1 rings (SSSR count). The second kappa shape index (κ2) is 5.15. The van der Waals surface area contributed by atoms with Crippen molar-refractivity contribution in [3.8, 4) is 0 Å². The Labute approximate surface area is 97.6 Å². The summed E-state index contributed by atoms with van der Waals surface area (Å²) in [7, 11) is 0. The first-order valence-corrected chi connectivity index (χ1v) is 5.62. The Hall–Kier alpha value is -1.31. The number of carbonyl (C=O) groups is 1. The molecule has 16 heavy (non-hydrogen) atoms. The zero-order valence-corrected chi connectivity index (χ0v) is 10.5. The number of hydrogen-bond donors (Lipinski definition) is 0. The quantitative estimate of drug-likeness (QED) is 0.731. The van der Waals surface area contributed by atoms with Crippen molar-refractivity contribution in [1.29, 1.82) is 0 Å². The molecule has 0 fully saturated rings. The van der Waals surface area contributed by atoms with Gasteiger partial charge in [-0.15, -0.1) is 0 Å². The van der Waals surface area contributed by atoms with Crippen molar-refractivity contribution in [3.05, 3.63) is 35.4 Å². The van der Waals surface area contributed by atoms with E-state index in [2.05, 4.69) is 25.1 Å². The number of benzene rings is 1. The van der Waals surface area contributed by atoms with Crippen LogP contribution in [0.2, 0.25) is 0 Å². The molecule has 0 aromatic heterocycles. The van der Waals surface area contributed by atoms with Gasteiger partial charge in [-0.05, 0) is 33.3 Å². The summed E-state index contributed by atoms with van der Waals surface area (Å²) >= 11 is 0. The van der Waals surface area contributed by atoms with Crippen LogP contribution in [0.15, 0.2) is 24.3 Å². The summed E-state index contributed by atoms with van der Waals surface area (Å²) in [5.74, 6) is -0.139. The molecule has 1 aromatic carbocycles. The number of ether oxygens (including phenoxy) is 1. The molecule has 2 nitrogen and oxygen atoms in total. The van der Waals surface area contributed by atoms with Crippen LogP contribution in [0.5, 0.6) is 0 Å². The fraction of sp³-hybridized carbons (Fsp3) is 0.500. The molecule has 0 aliphatic heterocycles. The van der Waals surface area contributed by atoms with E-state index in [4.69, 9.17) is 4.74 Å². The van der Waals surface area contributed by atoms with Gasteiger partial charge in [-0.25, -0.2) is 0 Å². The van der Waals surface area contributed by atoms with Crippen LogP contribution < -0.4 is 0 Å². The molecule has 0 unspecified atom stereocenters. The van der Waals surface area contributed by atoms with E-state index in [1.54, 1.807) is 0 Å². The lowest BCUT2D eigenvalue weighted by atomic mass is 9.97. The molecule has 0 bridgehead atoms. The maximum absolute atomic E-state index is 11.5. The largest absolute Gasteiger partial charge is 0.465 e. The molecule has 0 spiro atoms. The van der Waals surface area contributed by atoms with Crippen molar-refractivity contribution in [2.45, 2.75) is 34.1 Å². The fourth-order valence-corrected chi connectivity index (χ4v) is 1.35. The summed E-state index contributed by atoms with van der Waals surface area (Å²) in [6, 6.07) is 8.25. The Morgan fingerprint density at radius 3 is 2.56 bits per heavy atom. The van der Waals surface area contributed by atoms with Gasteiger partial charge in [0, 0.05) is 6.42 Å². The summed E-state index contributed by atoms with van der Waals surface area (Å²) in [4.78, 5) is 11.5. The maximum atomic E-state index is 11.5. The highest BCUT2D eigenvalue weighted by molar-refractivity contribution is 5.75. The van der Waals surface area contributed by atoms with Gasteiger partial charge in [0.05, 0.1) is 12.0 Å². The van der Waals surface area contributed by atoms with Gasteiger partial charge in [0.2, 0.25) is 0 Å². The Morgan fingerprint density at radius 1 is 1.31 bits per heavy atom. The highest BCUT2D eigenvalue weighted by atomic mass is 16.5. The Kier molecular flexibility index (Phi) is 4.11. The van der Waals surface area contributed by atoms with Gasteiger partial charge in [0.15, 0.2) is 0 Å². The Balaban J connectivity index is 2.39. The van der Waals surface area contributed by atoms with E-state index in [1.165, 1.54) is 11.1 Å². The second-order valence-corrected chi connectivity index (χ2v) is 5.12. The molecule has 0 saturated heterocycles. The van der Waals surface area contributed by atoms with Crippen LogP contribution >= 0.6 is 0 Å². The van der Waals surface area contributed by atoms with Crippen LogP contribution in [-0.4, -0.2) is 12.6 Å². The number of carbonyl (C=O) groups excluding carboxylic acids is 1. The first-order valence-electron chi connectivity index (χ1n) is 5.62. The van der Waals surface area contributed by atoms with Crippen molar-refractivity contribution in [2.75, 3.05) is 6.61 Å². The summed E-state index contributed by atoms with van der Waals surface area (Å²) in [5, 5.41) is 0. The molecule has 0 N–H and O–H groups in total. The lowest BCUT2D eigenvalue weighted by molar-refractivity contribution is -0.152. The molecule has 0 radical (unpaired) electrons. The third-order valence-corrected chi connectivity index (χ3v) is 2.32. The monoisotopic (exact) mass is 220 g/mol. The molecule has 0 aliphatic rings. The van der Waals surface area contributed by atoms with E-state index in [1.807, 2.05) is 26.8 Å². The van der Waals surface area contributed by atoms with E-state index in [0.29, 0.717) is 6.61 Å². The van der Waals surface area contributed by atoms with Crippen molar-refractivity contribution >= 4 is 5.97 Å². The summed E-state index contributed by atoms with van der Waals surface area (Å²) in [6.07, 6.45) is 0.781. The zero-order chi connectivity index (χ0) is 12.2. The Bertz CT molecular complexity index is 361. The standard InChI is InChI=1S/C14H20O2/c1-11-6-5-7-12(10-11)8-9-16-13(15)14(2,3)4/h5-7,10H,8-9H2,1-4H3. The van der Waals surface area contributed by atoms with Crippen LogP contribution in [0, 0.1) is 12.3 Å². The number of rotatable bonds is 3. The van der Waals surface area contributed by atoms with Crippen molar-refractivity contribution in [3.63, 3.8) is 0 Å². The van der Waals surface area contributed by atoms with Crippen molar-refractivity contribution in [1.82, 2.24) is 0 Å². The van der Waals surface area contributed by atoms with Gasteiger partial charge in [0.25, 0.3) is 0 Å². The molecule has 1 aromatic rings. The molecule has 0 amide bonds. The minimum atomic E-state index is -0.410. The van der Waals surface area contributed by atoms with Gasteiger partial charge in [-0.2, -0.15) is 0 Å². The molecular formula is C14H20O2. The number of hydrogen-bond acceptors (Lipinski definition) is 2. The van der Waals surface area contributed by atoms with Crippen LogP contribution in [0.4, 0.5) is 0 Å². The maximum Gasteiger partial charge on any atom is 0.311 e. The molecule has 0 aliphatic carbocycles. The Morgan fingerprint density at radius 2 is 2.00 bits per heavy atom. The molecule has 0 saturated carbocycles. The molecule has 88 valence electrons. The fourth-order valence-electron chi connectivity index (χ4n) is 1.35. The van der Waals surface area contributed by atoms with Crippen LogP contribution in [0.1, 0.15) is 31.9 Å². The van der Waals surface area contributed by atoms with Crippen molar-refractivity contribution < 1.29 is 9.53 Å². The predicted octanol–water partition coefficient (Wildman–Crippen LogP) is 3.13. The zero-order valence-electron chi connectivity index (χ0n) is 10.5. The lowest BCUT2D eigenvalue weighted by Gasteiger charge is -2.16. The third kappa shape index (κ3) is 4.05. The van der Waals surface area contributed by atoms with Crippen LogP contribution in [0.3, 0.4) is 0 Å². The lowest BCUT2D eigenvalue weighted by Crippen LogP contribution is -2.23. The minimum absolute atomic E-state index is 0.139. The van der Waals surface area contributed by atoms with E-state index in [9.17, 15) is 4.79 Å². The van der Waals surface area contributed by atoms with Crippen molar-refractivity contribution in [2.24, 2.45) is 5.41 Å². The molecular weight excluding hydrogens is 200 g/mol. The smallest absolute Gasteiger partial charge is 0.311 e. The predicted molar refractivity (Wildman–Crippen MR) is 65.3 cm³/mol. The van der Waals surface area contributed by atoms with E-state index in [-0.39, 0.29) is 5.97 Å². The van der Waals surface area contributed by atoms with Gasteiger partial charge in [-0.3, -0.25) is 4.79 Å². The van der Waals surface area contributed by atoms with E-state index < -0.39 is 5.41 Å². The molecule has 0 atom stereocenters. The first kappa shape index (κ1) is 12.8. The average Bonchev–Trinajstić information content (AvgIpc) is 2.16. The minimum Gasteiger partial charge on any atom is -0.465 e. The topological polar surface area (TPSA) is 26.3 Å². The van der Waals surface area contributed by atoms with Crippen LogP contribution in [0.25, 0.3) is 0 Å². The van der Waals surface area contributed by atoms with Gasteiger partial charge >= 0.3 is 5.97 Å². The number of aryl methyl sites for hydroxylation is 1. The summed E-state index contributed by atoms with van der Waals surface area (Å²) in [5.41, 5.74) is 2.04. The highest BCUT2D eigenvalue weighted by Gasteiger charge is 2.22. The van der Waals surface area contributed by atoms with Gasteiger partial charge < -0.3 is 4.74 Å².